The zero-order valence-corrected chi connectivity index (χ0v) is 9.33. The highest BCUT2D eigenvalue weighted by Gasteiger charge is 2.14. The van der Waals surface area contributed by atoms with Crippen LogP contribution in [0.5, 0.6) is 0 Å². The molecule has 0 saturated carbocycles. The van der Waals surface area contributed by atoms with E-state index in [4.69, 9.17) is 0 Å². The topological polar surface area (TPSA) is 83.8 Å². The van der Waals surface area contributed by atoms with Crippen molar-refractivity contribution in [2.45, 2.75) is 0 Å². The van der Waals surface area contributed by atoms with E-state index < -0.39 is 4.92 Å². The van der Waals surface area contributed by atoms with E-state index in [-0.39, 0.29) is 5.69 Å². The molecule has 0 aliphatic carbocycles. The van der Waals surface area contributed by atoms with Crippen molar-refractivity contribution in [1.29, 1.82) is 0 Å². The van der Waals surface area contributed by atoms with Crippen LogP contribution in [-0.2, 0) is 0 Å². The molecule has 0 amide bonds. The van der Waals surface area contributed by atoms with Crippen molar-refractivity contribution in [3.8, 4) is 0 Å². The maximum absolute atomic E-state index is 10.7. The fourth-order valence-electron chi connectivity index (χ4n) is 1.28. The number of nitro groups is 1. The van der Waals surface area contributed by atoms with Crippen LogP contribution in [0.1, 0.15) is 0 Å². The number of nitro benzene ring substituents is 1. The molecule has 2 rings (SSSR count). The minimum absolute atomic E-state index is 0.0220. The van der Waals surface area contributed by atoms with Gasteiger partial charge in [0.05, 0.1) is 20.4 Å². The lowest BCUT2D eigenvalue weighted by Crippen LogP contribution is -1.89. The number of benzene rings is 1. The number of anilines is 1. The summed E-state index contributed by atoms with van der Waals surface area (Å²) in [5.74, 6) is 0.581. The fourth-order valence-corrected chi connectivity index (χ4v) is 1.75. The lowest BCUT2D eigenvalue weighted by atomic mass is 10.3. The number of aromatic nitrogens is 2. The Morgan fingerprint density at radius 3 is 2.93 bits per heavy atom. The second-order valence-corrected chi connectivity index (χ2v) is 3.77. The molecule has 0 bridgehead atoms. The van der Waals surface area contributed by atoms with Gasteiger partial charge in [-0.3, -0.25) is 10.1 Å². The highest BCUT2D eigenvalue weighted by atomic mass is 79.9. The van der Waals surface area contributed by atoms with Gasteiger partial charge in [0, 0.05) is 13.1 Å². The predicted octanol–water partition coefficient (Wildman–Crippen LogP) is 2.28. The highest BCUT2D eigenvalue weighted by Crippen LogP contribution is 2.29. The van der Waals surface area contributed by atoms with Crippen molar-refractivity contribution in [2.75, 3.05) is 12.4 Å². The first-order valence-electron chi connectivity index (χ1n) is 4.13. The molecular weight excluding hydrogens is 264 g/mol. The van der Waals surface area contributed by atoms with E-state index in [1.54, 1.807) is 13.1 Å². The molecule has 0 aliphatic heterocycles. The number of halogens is 1. The Morgan fingerprint density at radius 2 is 2.33 bits per heavy atom. The predicted molar refractivity (Wildman–Crippen MR) is 60.0 cm³/mol. The van der Waals surface area contributed by atoms with Crippen LogP contribution >= 0.6 is 15.9 Å². The molecule has 2 N–H and O–H groups in total. The first kappa shape index (κ1) is 9.91. The number of aromatic amines is 1. The van der Waals surface area contributed by atoms with Gasteiger partial charge < -0.3 is 10.3 Å². The summed E-state index contributed by atoms with van der Waals surface area (Å²) in [5, 5.41) is 13.5. The van der Waals surface area contributed by atoms with Gasteiger partial charge in [-0.15, -0.1) is 0 Å². The van der Waals surface area contributed by atoms with Crippen molar-refractivity contribution in [1.82, 2.24) is 9.97 Å². The maximum Gasteiger partial charge on any atom is 0.285 e. The summed E-state index contributed by atoms with van der Waals surface area (Å²) in [6.45, 7) is 0. The van der Waals surface area contributed by atoms with Crippen LogP contribution in [0.3, 0.4) is 0 Å². The Hall–Kier alpha value is -1.63. The van der Waals surface area contributed by atoms with Gasteiger partial charge in [-0.1, -0.05) is 0 Å². The summed E-state index contributed by atoms with van der Waals surface area (Å²) in [7, 11) is 1.72. The number of imidazole rings is 1. The van der Waals surface area contributed by atoms with Gasteiger partial charge in [0.25, 0.3) is 5.69 Å². The second kappa shape index (κ2) is 3.50. The summed E-state index contributed by atoms with van der Waals surface area (Å²) < 4.78 is 0.425. The zero-order valence-electron chi connectivity index (χ0n) is 7.74. The summed E-state index contributed by atoms with van der Waals surface area (Å²) in [5.41, 5.74) is 1.33. The van der Waals surface area contributed by atoms with Crippen molar-refractivity contribution < 1.29 is 4.92 Å². The zero-order chi connectivity index (χ0) is 11.0. The first-order chi connectivity index (χ1) is 7.11. The SMILES string of the molecule is CNc1nc2cc(Br)c([N+](=O)[O-])cc2[nH]1. The number of hydrogen-bond acceptors (Lipinski definition) is 4. The molecular formula is C8H7BrN4O2. The molecule has 0 spiro atoms. The lowest BCUT2D eigenvalue weighted by Gasteiger charge is -1.94. The molecule has 0 fully saturated rings. The minimum atomic E-state index is -0.441. The van der Waals surface area contributed by atoms with Gasteiger partial charge in [0.15, 0.2) is 0 Å². The molecule has 0 unspecified atom stereocenters. The summed E-state index contributed by atoms with van der Waals surface area (Å²) in [6, 6.07) is 3.07. The van der Waals surface area contributed by atoms with Gasteiger partial charge in [-0.2, -0.15) is 0 Å². The molecule has 6 nitrogen and oxygen atoms in total. The number of nitrogens with one attached hydrogen (secondary N) is 2. The number of hydrogen-bond donors (Lipinski definition) is 2. The van der Waals surface area contributed by atoms with Gasteiger partial charge >= 0.3 is 0 Å². The molecule has 1 aromatic heterocycles. The molecule has 0 radical (unpaired) electrons. The normalized spacial score (nSPS) is 10.5. The summed E-state index contributed by atoms with van der Waals surface area (Å²) in [6.07, 6.45) is 0. The third-order valence-electron chi connectivity index (χ3n) is 1.98. The maximum atomic E-state index is 10.7. The minimum Gasteiger partial charge on any atom is -0.359 e. The van der Waals surface area contributed by atoms with Gasteiger partial charge in [-0.25, -0.2) is 4.98 Å². The van der Waals surface area contributed by atoms with Crippen LogP contribution < -0.4 is 5.32 Å². The summed E-state index contributed by atoms with van der Waals surface area (Å²) >= 11 is 3.13. The average Bonchev–Trinajstić information content (AvgIpc) is 2.58. The van der Waals surface area contributed by atoms with E-state index >= 15 is 0 Å². The van der Waals surface area contributed by atoms with Crippen LogP contribution in [0.4, 0.5) is 11.6 Å². The lowest BCUT2D eigenvalue weighted by molar-refractivity contribution is -0.385. The standard InChI is InChI=1S/C8H7BrN4O2/c1-10-8-11-5-2-4(9)7(13(14)15)3-6(5)12-8/h2-3H,1H3,(H2,10,11,12). The van der Waals surface area contributed by atoms with Crippen molar-refractivity contribution in [2.24, 2.45) is 0 Å². The smallest absolute Gasteiger partial charge is 0.285 e. The molecule has 0 saturated heterocycles. The first-order valence-corrected chi connectivity index (χ1v) is 4.92. The Balaban J connectivity index is 2.68. The van der Waals surface area contributed by atoms with E-state index in [1.165, 1.54) is 6.07 Å². The van der Waals surface area contributed by atoms with Crippen LogP contribution in [0.25, 0.3) is 11.0 Å². The van der Waals surface area contributed by atoms with Crippen molar-refractivity contribution in [3.05, 3.63) is 26.7 Å². The molecule has 1 aromatic carbocycles. The largest absolute Gasteiger partial charge is 0.359 e. The second-order valence-electron chi connectivity index (χ2n) is 2.91. The molecule has 2 aromatic rings. The molecule has 0 atom stereocenters. The Morgan fingerprint density at radius 1 is 1.60 bits per heavy atom. The van der Waals surface area contributed by atoms with Crippen molar-refractivity contribution >= 4 is 38.6 Å². The number of fused-ring (bicyclic) bond motifs is 1. The highest BCUT2D eigenvalue weighted by molar-refractivity contribution is 9.10. The molecule has 0 aliphatic rings. The summed E-state index contributed by atoms with van der Waals surface area (Å²) in [4.78, 5) is 17.3. The fraction of sp³-hybridized carbons (Fsp3) is 0.125. The van der Waals surface area contributed by atoms with Gasteiger partial charge in [-0.05, 0) is 22.0 Å². The van der Waals surface area contributed by atoms with E-state index in [0.29, 0.717) is 21.5 Å². The number of H-pyrrole nitrogens is 1. The third-order valence-corrected chi connectivity index (χ3v) is 2.62. The molecule has 78 valence electrons. The molecule has 1 heterocycles. The molecule has 7 heteroatoms. The average molecular weight is 271 g/mol. The quantitative estimate of drug-likeness (QED) is 0.648. The van der Waals surface area contributed by atoms with E-state index in [2.05, 4.69) is 31.2 Å². The van der Waals surface area contributed by atoms with Crippen LogP contribution in [-0.4, -0.2) is 21.9 Å². The van der Waals surface area contributed by atoms with E-state index in [1.807, 2.05) is 0 Å². The Bertz CT molecular complexity index is 537. The monoisotopic (exact) mass is 270 g/mol. The Labute approximate surface area is 93.0 Å². The van der Waals surface area contributed by atoms with Crippen molar-refractivity contribution in [3.63, 3.8) is 0 Å². The molecule has 15 heavy (non-hydrogen) atoms. The van der Waals surface area contributed by atoms with Crippen LogP contribution in [0, 0.1) is 10.1 Å². The van der Waals surface area contributed by atoms with E-state index in [9.17, 15) is 10.1 Å². The van der Waals surface area contributed by atoms with E-state index in [0.717, 1.165) is 0 Å². The third kappa shape index (κ3) is 1.65. The number of rotatable bonds is 2. The Kier molecular flexibility index (Phi) is 2.31. The van der Waals surface area contributed by atoms with Gasteiger partial charge in [0.1, 0.15) is 0 Å². The van der Waals surface area contributed by atoms with Crippen LogP contribution in [0.15, 0.2) is 16.6 Å². The van der Waals surface area contributed by atoms with Crippen LogP contribution in [0.2, 0.25) is 0 Å². The number of nitrogens with zero attached hydrogens (tertiary/aromatic N) is 2. The van der Waals surface area contributed by atoms with Gasteiger partial charge in [0.2, 0.25) is 5.95 Å².